The largest absolute Gasteiger partial charge is 0.285 e. The van der Waals surface area contributed by atoms with E-state index >= 15 is 0 Å². The van der Waals surface area contributed by atoms with E-state index in [1.54, 1.807) is 13.8 Å². The predicted molar refractivity (Wildman–Crippen MR) is 64.9 cm³/mol. The Kier molecular flexibility index (Phi) is 3.76. The summed E-state index contributed by atoms with van der Waals surface area (Å²) in [7, 11) is -4.02. The molecule has 0 aliphatic carbocycles. The van der Waals surface area contributed by atoms with Gasteiger partial charge in [0.2, 0.25) is 0 Å². The average molecular weight is 242 g/mol. The minimum absolute atomic E-state index is 0.148. The molecular weight excluding hydrogens is 224 g/mol. The Balaban J connectivity index is 2.85. The molecule has 1 aromatic carbocycles. The van der Waals surface area contributed by atoms with Crippen LogP contribution in [0.2, 0.25) is 0 Å². The fourth-order valence-corrected chi connectivity index (χ4v) is 2.06. The molecule has 90 valence electrons. The van der Waals surface area contributed by atoms with Gasteiger partial charge in [0, 0.05) is 0 Å². The zero-order valence-electron chi connectivity index (χ0n) is 9.84. The summed E-state index contributed by atoms with van der Waals surface area (Å²) >= 11 is 0. The third-order valence-electron chi connectivity index (χ3n) is 3.24. The Morgan fingerprint density at radius 3 is 2.19 bits per heavy atom. The highest BCUT2D eigenvalue weighted by Crippen LogP contribution is 2.28. The zero-order chi connectivity index (χ0) is 12.4. The summed E-state index contributed by atoms with van der Waals surface area (Å²) in [6, 6.07) is 9.67. The maximum atomic E-state index is 11.2. The molecule has 0 bridgehead atoms. The lowest BCUT2D eigenvalue weighted by molar-refractivity contribution is 0.374. The predicted octanol–water partition coefficient (Wildman–Crippen LogP) is 2.53. The Morgan fingerprint density at radius 2 is 1.75 bits per heavy atom. The molecule has 1 unspecified atom stereocenters. The van der Waals surface area contributed by atoms with Crippen molar-refractivity contribution in [2.24, 2.45) is 5.92 Å². The summed E-state index contributed by atoms with van der Waals surface area (Å²) in [5.74, 6) is -0.148. The lowest BCUT2D eigenvalue weighted by Gasteiger charge is -2.28. The SMILES string of the molecule is CC(Cc1ccccc1)C(C)(C)S(=O)(=O)O. The second kappa shape index (κ2) is 4.55. The highest BCUT2D eigenvalue weighted by molar-refractivity contribution is 7.87. The lowest BCUT2D eigenvalue weighted by Crippen LogP contribution is -2.39. The Labute approximate surface area is 97.2 Å². The minimum atomic E-state index is -4.02. The van der Waals surface area contributed by atoms with Gasteiger partial charge in [-0.3, -0.25) is 4.55 Å². The van der Waals surface area contributed by atoms with E-state index in [9.17, 15) is 8.42 Å². The van der Waals surface area contributed by atoms with Crippen molar-refractivity contribution < 1.29 is 13.0 Å². The van der Waals surface area contributed by atoms with Crippen molar-refractivity contribution >= 4 is 10.1 Å². The Bertz CT molecular complexity index is 435. The summed E-state index contributed by atoms with van der Waals surface area (Å²) in [6.45, 7) is 4.94. The monoisotopic (exact) mass is 242 g/mol. The quantitative estimate of drug-likeness (QED) is 0.825. The third kappa shape index (κ3) is 2.83. The van der Waals surface area contributed by atoms with Crippen molar-refractivity contribution in [2.75, 3.05) is 0 Å². The van der Waals surface area contributed by atoms with Gasteiger partial charge in [0.15, 0.2) is 0 Å². The van der Waals surface area contributed by atoms with E-state index in [1.807, 2.05) is 37.3 Å². The van der Waals surface area contributed by atoms with Crippen molar-refractivity contribution in [3.63, 3.8) is 0 Å². The first-order chi connectivity index (χ1) is 7.25. The van der Waals surface area contributed by atoms with Gasteiger partial charge in [-0.2, -0.15) is 8.42 Å². The van der Waals surface area contributed by atoms with Crippen molar-refractivity contribution in [3.8, 4) is 0 Å². The van der Waals surface area contributed by atoms with E-state index in [1.165, 1.54) is 0 Å². The summed E-state index contributed by atoms with van der Waals surface area (Å²) in [5, 5.41) is 0. The molecule has 1 aromatic rings. The number of benzene rings is 1. The van der Waals surface area contributed by atoms with Gasteiger partial charge in [0.05, 0.1) is 4.75 Å². The molecule has 4 heteroatoms. The molecule has 0 heterocycles. The molecule has 16 heavy (non-hydrogen) atoms. The van der Waals surface area contributed by atoms with Gasteiger partial charge in [0.25, 0.3) is 10.1 Å². The van der Waals surface area contributed by atoms with Crippen LogP contribution in [0, 0.1) is 5.92 Å². The van der Waals surface area contributed by atoms with Crippen LogP contribution in [-0.4, -0.2) is 17.7 Å². The average Bonchev–Trinajstić information content (AvgIpc) is 2.17. The van der Waals surface area contributed by atoms with E-state index in [-0.39, 0.29) is 5.92 Å². The fraction of sp³-hybridized carbons (Fsp3) is 0.500. The maximum Gasteiger partial charge on any atom is 0.270 e. The van der Waals surface area contributed by atoms with Gasteiger partial charge in [-0.05, 0) is 31.7 Å². The summed E-state index contributed by atoms with van der Waals surface area (Å²) < 4.78 is 30.5. The van der Waals surface area contributed by atoms with Gasteiger partial charge in [-0.1, -0.05) is 37.3 Å². The van der Waals surface area contributed by atoms with Gasteiger partial charge < -0.3 is 0 Å². The Morgan fingerprint density at radius 1 is 1.25 bits per heavy atom. The molecular formula is C12H18O3S. The van der Waals surface area contributed by atoms with Crippen LogP contribution in [0.1, 0.15) is 26.3 Å². The first kappa shape index (κ1) is 13.2. The van der Waals surface area contributed by atoms with E-state index in [4.69, 9.17) is 4.55 Å². The van der Waals surface area contributed by atoms with Crippen molar-refractivity contribution in [3.05, 3.63) is 35.9 Å². The van der Waals surface area contributed by atoms with Crippen LogP contribution in [0.25, 0.3) is 0 Å². The molecule has 0 fully saturated rings. The highest BCUT2D eigenvalue weighted by Gasteiger charge is 2.38. The van der Waals surface area contributed by atoms with Gasteiger partial charge in [-0.25, -0.2) is 0 Å². The zero-order valence-corrected chi connectivity index (χ0v) is 10.7. The standard InChI is InChI=1S/C12H18O3S/c1-10(12(2,3)16(13,14)15)9-11-7-5-4-6-8-11/h4-8,10H,9H2,1-3H3,(H,13,14,15). The number of rotatable bonds is 4. The molecule has 1 N–H and O–H groups in total. The molecule has 0 aliphatic heterocycles. The van der Waals surface area contributed by atoms with E-state index in [0.717, 1.165) is 5.56 Å². The lowest BCUT2D eigenvalue weighted by atomic mass is 9.90. The first-order valence-electron chi connectivity index (χ1n) is 5.26. The molecule has 0 radical (unpaired) electrons. The molecule has 0 spiro atoms. The van der Waals surface area contributed by atoms with Gasteiger partial charge in [0.1, 0.15) is 0 Å². The van der Waals surface area contributed by atoms with E-state index in [2.05, 4.69) is 0 Å². The van der Waals surface area contributed by atoms with Gasteiger partial charge >= 0.3 is 0 Å². The first-order valence-corrected chi connectivity index (χ1v) is 6.70. The Hall–Kier alpha value is -0.870. The van der Waals surface area contributed by atoms with Crippen LogP contribution in [-0.2, 0) is 16.5 Å². The second-order valence-corrected chi connectivity index (χ2v) is 6.67. The summed E-state index contributed by atoms with van der Waals surface area (Å²) in [6.07, 6.45) is 0.633. The minimum Gasteiger partial charge on any atom is -0.285 e. The fourth-order valence-electron chi connectivity index (χ4n) is 1.47. The molecule has 0 aromatic heterocycles. The van der Waals surface area contributed by atoms with E-state index < -0.39 is 14.9 Å². The van der Waals surface area contributed by atoms with Crippen LogP contribution in [0.4, 0.5) is 0 Å². The van der Waals surface area contributed by atoms with Crippen molar-refractivity contribution in [2.45, 2.75) is 31.9 Å². The topological polar surface area (TPSA) is 54.4 Å². The number of hydrogen-bond acceptors (Lipinski definition) is 2. The smallest absolute Gasteiger partial charge is 0.270 e. The van der Waals surface area contributed by atoms with Crippen LogP contribution in [0.3, 0.4) is 0 Å². The van der Waals surface area contributed by atoms with Gasteiger partial charge in [-0.15, -0.1) is 0 Å². The molecule has 0 aliphatic rings. The normalized spacial score (nSPS) is 14.8. The molecule has 0 amide bonds. The van der Waals surface area contributed by atoms with Crippen LogP contribution in [0.5, 0.6) is 0 Å². The van der Waals surface area contributed by atoms with Crippen molar-refractivity contribution in [1.29, 1.82) is 0 Å². The van der Waals surface area contributed by atoms with Crippen LogP contribution in [0.15, 0.2) is 30.3 Å². The summed E-state index contributed by atoms with van der Waals surface area (Å²) in [4.78, 5) is 0. The number of hydrogen-bond donors (Lipinski definition) is 1. The third-order valence-corrected chi connectivity index (χ3v) is 4.97. The second-order valence-electron chi connectivity index (χ2n) is 4.67. The highest BCUT2D eigenvalue weighted by atomic mass is 32.2. The van der Waals surface area contributed by atoms with E-state index in [0.29, 0.717) is 6.42 Å². The summed E-state index contributed by atoms with van der Waals surface area (Å²) in [5.41, 5.74) is 1.08. The van der Waals surface area contributed by atoms with Crippen LogP contribution < -0.4 is 0 Å². The van der Waals surface area contributed by atoms with Crippen LogP contribution >= 0.6 is 0 Å². The molecule has 3 nitrogen and oxygen atoms in total. The van der Waals surface area contributed by atoms with Crippen molar-refractivity contribution in [1.82, 2.24) is 0 Å². The molecule has 0 saturated carbocycles. The maximum absolute atomic E-state index is 11.2. The molecule has 1 rings (SSSR count). The molecule has 1 atom stereocenters. The molecule has 0 saturated heterocycles.